The molecule has 3 aromatic rings. The van der Waals surface area contributed by atoms with Gasteiger partial charge in [-0.1, -0.05) is 53.5 Å². The molecular weight excluding hydrogens is 569 g/mol. The molecule has 0 spiro atoms. The molecule has 1 N–H and O–H groups in total. The van der Waals surface area contributed by atoms with Gasteiger partial charge in [0.05, 0.1) is 20.6 Å². The normalized spacial score (nSPS) is 12.5. The van der Waals surface area contributed by atoms with Crippen molar-refractivity contribution >= 4 is 50.7 Å². The first-order valence-corrected chi connectivity index (χ1v) is 15.0. The number of nitrogens with zero attached hydrogens (tertiary/aromatic N) is 2. The van der Waals surface area contributed by atoms with Gasteiger partial charge in [-0.15, -0.1) is 0 Å². The Morgan fingerprint density at radius 2 is 1.55 bits per heavy atom. The average Bonchev–Trinajstić information content (AvgIpc) is 2.88. The second-order valence-electron chi connectivity index (χ2n) is 10.8. The van der Waals surface area contributed by atoms with Crippen LogP contribution in [0.1, 0.15) is 44.4 Å². The molecular formula is C30H35Cl2N3O4S. The van der Waals surface area contributed by atoms with Gasteiger partial charge in [-0.25, -0.2) is 8.42 Å². The van der Waals surface area contributed by atoms with Crippen LogP contribution >= 0.6 is 23.2 Å². The van der Waals surface area contributed by atoms with Crippen molar-refractivity contribution in [3.8, 4) is 0 Å². The lowest BCUT2D eigenvalue weighted by Gasteiger charge is -2.33. The van der Waals surface area contributed by atoms with Gasteiger partial charge in [0.15, 0.2) is 0 Å². The van der Waals surface area contributed by atoms with Crippen molar-refractivity contribution in [3.05, 3.63) is 93.5 Å². The quantitative estimate of drug-likeness (QED) is 0.318. The number of carbonyl (C=O) groups is 2. The van der Waals surface area contributed by atoms with Gasteiger partial charge in [0.1, 0.15) is 12.6 Å². The molecule has 0 saturated carbocycles. The minimum absolute atomic E-state index is 0.0145. The number of rotatable bonds is 9. The Morgan fingerprint density at radius 1 is 0.900 bits per heavy atom. The van der Waals surface area contributed by atoms with Gasteiger partial charge >= 0.3 is 0 Å². The molecule has 10 heteroatoms. The first kappa shape index (κ1) is 31.5. The third kappa shape index (κ3) is 7.77. The zero-order valence-corrected chi connectivity index (χ0v) is 25.9. The topological polar surface area (TPSA) is 86.8 Å². The van der Waals surface area contributed by atoms with Crippen LogP contribution in [0.4, 0.5) is 5.69 Å². The highest BCUT2D eigenvalue weighted by Gasteiger charge is 2.33. The number of aryl methyl sites for hydroxylation is 2. The molecule has 0 unspecified atom stereocenters. The first-order valence-electron chi connectivity index (χ1n) is 12.8. The van der Waals surface area contributed by atoms with Crippen LogP contribution < -0.4 is 9.62 Å². The van der Waals surface area contributed by atoms with Crippen LogP contribution in [0, 0.1) is 13.8 Å². The molecule has 0 aliphatic heterocycles. The highest BCUT2D eigenvalue weighted by atomic mass is 35.5. The van der Waals surface area contributed by atoms with E-state index < -0.39 is 34.1 Å². The maximum absolute atomic E-state index is 14.0. The number of amides is 2. The number of anilines is 1. The Labute approximate surface area is 247 Å². The number of sulfonamides is 1. The van der Waals surface area contributed by atoms with Gasteiger partial charge in [0, 0.05) is 12.1 Å². The first-order chi connectivity index (χ1) is 18.6. The van der Waals surface area contributed by atoms with Crippen molar-refractivity contribution in [2.45, 2.75) is 64.6 Å². The number of halogens is 2. The molecule has 2 amide bonds. The van der Waals surface area contributed by atoms with Crippen molar-refractivity contribution in [3.63, 3.8) is 0 Å². The lowest BCUT2D eigenvalue weighted by atomic mass is 10.1. The van der Waals surface area contributed by atoms with Crippen molar-refractivity contribution < 1.29 is 18.0 Å². The van der Waals surface area contributed by atoms with Crippen LogP contribution in [0.2, 0.25) is 10.0 Å². The predicted octanol–water partition coefficient (Wildman–Crippen LogP) is 6.14. The summed E-state index contributed by atoms with van der Waals surface area (Å²) in [6, 6.07) is 17.2. The molecule has 0 aliphatic carbocycles. The third-order valence-electron chi connectivity index (χ3n) is 6.39. The Morgan fingerprint density at radius 3 is 2.12 bits per heavy atom. The van der Waals surface area contributed by atoms with E-state index in [9.17, 15) is 18.0 Å². The molecule has 0 aromatic heterocycles. The fourth-order valence-electron chi connectivity index (χ4n) is 4.02. The van der Waals surface area contributed by atoms with E-state index >= 15 is 0 Å². The number of hydrogen-bond acceptors (Lipinski definition) is 4. The monoisotopic (exact) mass is 603 g/mol. The van der Waals surface area contributed by atoms with Gasteiger partial charge in [-0.2, -0.15) is 0 Å². The Hall–Kier alpha value is -3.07. The van der Waals surface area contributed by atoms with Crippen LogP contribution in [0.25, 0.3) is 0 Å². The number of nitrogens with one attached hydrogen (secondary N) is 1. The SMILES string of the molecule is Cc1ccc(N(CC(=O)N(Cc2ccc(Cl)c(Cl)c2)[C@@H](C)C(=O)NC(C)(C)C)S(=O)(=O)c2ccccc2)cc1C. The van der Waals surface area contributed by atoms with Crippen molar-refractivity contribution in [1.82, 2.24) is 10.2 Å². The van der Waals surface area contributed by atoms with E-state index in [4.69, 9.17) is 23.2 Å². The summed E-state index contributed by atoms with van der Waals surface area (Å²) in [6.07, 6.45) is 0. The van der Waals surface area contributed by atoms with Crippen LogP contribution in [-0.4, -0.2) is 43.3 Å². The van der Waals surface area contributed by atoms with E-state index in [0.29, 0.717) is 21.3 Å². The molecule has 40 heavy (non-hydrogen) atoms. The van der Waals surface area contributed by atoms with Crippen LogP contribution in [-0.2, 0) is 26.2 Å². The lowest BCUT2D eigenvalue weighted by molar-refractivity contribution is -0.140. The Balaban J connectivity index is 2.06. The molecule has 3 aromatic carbocycles. The molecule has 0 radical (unpaired) electrons. The largest absolute Gasteiger partial charge is 0.350 e. The lowest BCUT2D eigenvalue weighted by Crippen LogP contribution is -2.54. The number of hydrogen-bond donors (Lipinski definition) is 1. The summed E-state index contributed by atoms with van der Waals surface area (Å²) in [6.45, 7) is 10.4. The van der Waals surface area contributed by atoms with Crippen LogP contribution in [0.15, 0.2) is 71.6 Å². The van der Waals surface area contributed by atoms with Gasteiger partial charge < -0.3 is 10.2 Å². The fraction of sp³-hybridized carbons (Fsp3) is 0.333. The summed E-state index contributed by atoms with van der Waals surface area (Å²) in [7, 11) is -4.13. The zero-order chi connectivity index (χ0) is 29.8. The molecule has 7 nitrogen and oxygen atoms in total. The van der Waals surface area contributed by atoms with Crippen molar-refractivity contribution in [1.29, 1.82) is 0 Å². The van der Waals surface area contributed by atoms with E-state index in [0.717, 1.165) is 15.4 Å². The van der Waals surface area contributed by atoms with Crippen molar-refractivity contribution in [2.24, 2.45) is 0 Å². The minimum Gasteiger partial charge on any atom is -0.350 e. The Kier molecular flexibility index (Phi) is 9.93. The van der Waals surface area contributed by atoms with Gasteiger partial charge in [-0.3, -0.25) is 13.9 Å². The van der Waals surface area contributed by atoms with E-state index in [1.165, 1.54) is 17.0 Å². The fourth-order valence-corrected chi connectivity index (χ4v) is 5.77. The van der Waals surface area contributed by atoms with Crippen LogP contribution in [0.5, 0.6) is 0 Å². The highest BCUT2D eigenvalue weighted by molar-refractivity contribution is 7.92. The summed E-state index contributed by atoms with van der Waals surface area (Å²) >= 11 is 12.3. The average molecular weight is 605 g/mol. The zero-order valence-electron chi connectivity index (χ0n) is 23.5. The smallest absolute Gasteiger partial charge is 0.264 e. The summed E-state index contributed by atoms with van der Waals surface area (Å²) in [5, 5.41) is 3.57. The molecule has 0 aliphatic rings. The summed E-state index contributed by atoms with van der Waals surface area (Å²) < 4.78 is 28.8. The molecule has 0 fully saturated rings. The Bertz CT molecular complexity index is 1490. The summed E-state index contributed by atoms with van der Waals surface area (Å²) in [5.74, 6) is -0.926. The second kappa shape index (κ2) is 12.6. The molecule has 214 valence electrons. The molecule has 0 saturated heterocycles. The number of carbonyl (C=O) groups excluding carboxylic acids is 2. The molecule has 3 rings (SSSR count). The van der Waals surface area contributed by atoms with Gasteiger partial charge in [-0.05, 0) is 94.6 Å². The predicted molar refractivity (Wildman–Crippen MR) is 161 cm³/mol. The third-order valence-corrected chi connectivity index (χ3v) is 8.92. The summed E-state index contributed by atoms with van der Waals surface area (Å²) in [5.41, 5.74) is 2.32. The van der Waals surface area contributed by atoms with E-state index in [2.05, 4.69) is 5.32 Å². The van der Waals surface area contributed by atoms with E-state index in [1.807, 2.05) is 40.7 Å². The van der Waals surface area contributed by atoms with Crippen molar-refractivity contribution in [2.75, 3.05) is 10.8 Å². The van der Waals surface area contributed by atoms with E-state index in [1.54, 1.807) is 55.5 Å². The maximum atomic E-state index is 14.0. The number of benzene rings is 3. The maximum Gasteiger partial charge on any atom is 0.264 e. The van der Waals surface area contributed by atoms with E-state index in [-0.39, 0.29) is 17.3 Å². The second-order valence-corrected chi connectivity index (χ2v) is 13.5. The molecule has 1 atom stereocenters. The standard InChI is InChI=1S/C30H35Cl2N3O4S/c1-20-12-14-24(16-21(20)2)35(40(38,39)25-10-8-7-9-11-25)19-28(36)34(22(3)29(37)33-30(4,5)6)18-23-13-15-26(31)27(32)17-23/h7-17,22H,18-19H2,1-6H3,(H,33,37)/t22-/m0/s1. The van der Waals surface area contributed by atoms with Crippen LogP contribution in [0.3, 0.4) is 0 Å². The summed E-state index contributed by atoms with van der Waals surface area (Å²) in [4.78, 5) is 28.6. The van der Waals surface area contributed by atoms with Gasteiger partial charge in [0.25, 0.3) is 10.0 Å². The molecule has 0 bridgehead atoms. The molecule has 0 heterocycles. The highest BCUT2D eigenvalue weighted by Crippen LogP contribution is 2.27. The van der Waals surface area contributed by atoms with Gasteiger partial charge in [0.2, 0.25) is 11.8 Å². The minimum atomic E-state index is -4.13.